The van der Waals surface area contributed by atoms with Gasteiger partial charge in [-0.25, -0.2) is 13.8 Å². The van der Waals surface area contributed by atoms with Gasteiger partial charge in [-0.1, -0.05) is 12.1 Å². The number of ether oxygens (including phenoxy) is 1. The Kier molecular flexibility index (Phi) is 5.58. The second-order valence-electron chi connectivity index (χ2n) is 5.48. The van der Waals surface area contributed by atoms with Gasteiger partial charge in [0.05, 0.1) is 18.4 Å². The van der Waals surface area contributed by atoms with E-state index in [0.29, 0.717) is 30.0 Å². The zero-order valence-corrected chi connectivity index (χ0v) is 14.8. The molecule has 0 aliphatic rings. The maximum atomic E-state index is 13.8. The largest absolute Gasteiger partial charge is 0.497 e. The van der Waals surface area contributed by atoms with E-state index < -0.39 is 11.6 Å². The molecule has 134 valence electrons. The lowest BCUT2D eigenvalue weighted by molar-refractivity contribution is 0.0953. The number of carbonyl (C=O) groups is 1. The molecule has 0 bridgehead atoms. The number of hydrogen-bond donors (Lipinski definition) is 1. The van der Waals surface area contributed by atoms with Crippen LogP contribution in [-0.2, 0) is 6.42 Å². The molecule has 0 spiro atoms. The van der Waals surface area contributed by atoms with E-state index in [9.17, 15) is 13.6 Å². The first-order chi connectivity index (χ1) is 12.6. The summed E-state index contributed by atoms with van der Waals surface area (Å²) in [5.74, 6) is -0.900. The number of rotatable bonds is 6. The Morgan fingerprint density at radius 1 is 1.19 bits per heavy atom. The summed E-state index contributed by atoms with van der Waals surface area (Å²) in [4.78, 5) is 16.4. The fourth-order valence-electron chi connectivity index (χ4n) is 2.41. The highest BCUT2D eigenvalue weighted by Crippen LogP contribution is 2.28. The average Bonchev–Trinajstić information content (AvgIpc) is 3.10. The summed E-state index contributed by atoms with van der Waals surface area (Å²) in [7, 11) is 1.54. The van der Waals surface area contributed by atoms with Gasteiger partial charge < -0.3 is 10.1 Å². The first kappa shape index (κ1) is 18.0. The van der Waals surface area contributed by atoms with Gasteiger partial charge in [-0.3, -0.25) is 4.79 Å². The number of amides is 1. The highest BCUT2D eigenvalue weighted by atomic mass is 32.1. The minimum absolute atomic E-state index is 0.121. The summed E-state index contributed by atoms with van der Waals surface area (Å²) in [6.07, 6.45) is 0.461. The number of nitrogens with zero attached hydrogens (tertiary/aromatic N) is 1. The summed E-state index contributed by atoms with van der Waals surface area (Å²) >= 11 is 1.17. The van der Waals surface area contributed by atoms with Gasteiger partial charge in [0.25, 0.3) is 5.91 Å². The molecule has 26 heavy (non-hydrogen) atoms. The molecule has 0 unspecified atom stereocenters. The molecule has 0 radical (unpaired) electrons. The van der Waals surface area contributed by atoms with Crippen molar-refractivity contribution in [2.24, 2.45) is 0 Å². The molecular weight excluding hydrogens is 358 g/mol. The predicted molar refractivity (Wildman–Crippen MR) is 96.5 cm³/mol. The Hall–Kier alpha value is -2.80. The number of hydrogen-bond acceptors (Lipinski definition) is 4. The third-order valence-electron chi connectivity index (χ3n) is 3.73. The maximum absolute atomic E-state index is 13.8. The molecule has 3 rings (SSSR count). The molecule has 3 aromatic rings. The highest BCUT2D eigenvalue weighted by molar-refractivity contribution is 7.13. The van der Waals surface area contributed by atoms with E-state index in [-0.39, 0.29) is 16.5 Å². The van der Waals surface area contributed by atoms with Gasteiger partial charge in [0.15, 0.2) is 0 Å². The zero-order chi connectivity index (χ0) is 18.5. The third kappa shape index (κ3) is 4.05. The van der Waals surface area contributed by atoms with Crippen molar-refractivity contribution in [2.45, 2.75) is 6.42 Å². The quantitative estimate of drug-likeness (QED) is 0.708. The molecule has 0 aliphatic carbocycles. The highest BCUT2D eigenvalue weighted by Gasteiger charge is 2.15. The van der Waals surface area contributed by atoms with E-state index in [4.69, 9.17) is 4.74 Å². The van der Waals surface area contributed by atoms with Gasteiger partial charge in [-0.05, 0) is 30.3 Å². The second-order valence-corrected chi connectivity index (χ2v) is 6.34. The number of halogens is 2. The molecule has 4 nitrogen and oxygen atoms in total. The van der Waals surface area contributed by atoms with Crippen LogP contribution >= 0.6 is 11.3 Å². The minimum atomic E-state index is -0.641. The van der Waals surface area contributed by atoms with Crippen LogP contribution in [-0.4, -0.2) is 24.5 Å². The molecule has 0 atom stereocenters. The van der Waals surface area contributed by atoms with E-state index >= 15 is 0 Å². The van der Waals surface area contributed by atoms with Crippen molar-refractivity contribution in [1.29, 1.82) is 0 Å². The Labute approximate surface area is 153 Å². The van der Waals surface area contributed by atoms with E-state index in [0.717, 1.165) is 0 Å². The van der Waals surface area contributed by atoms with Crippen molar-refractivity contribution in [1.82, 2.24) is 10.3 Å². The van der Waals surface area contributed by atoms with Crippen LogP contribution < -0.4 is 10.1 Å². The Bertz CT molecular complexity index is 907. The summed E-state index contributed by atoms with van der Waals surface area (Å²) in [6, 6.07) is 10.6. The molecule has 1 N–H and O–H groups in total. The molecule has 1 heterocycles. The van der Waals surface area contributed by atoms with Gasteiger partial charge in [-0.2, -0.15) is 0 Å². The van der Waals surface area contributed by atoms with Crippen molar-refractivity contribution in [3.63, 3.8) is 0 Å². The molecule has 1 aromatic heterocycles. The lowest BCUT2D eigenvalue weighted by Gasteiger charge is -2.06. The number of nitrogens with one attached hydrogen (secondary N) is 1. The molecule has 0 saturated heterocycles. The molecule has 0 aliphatic heterocycles. The number of aromatic nitrogens is 1. The van der Waals surface area contributed by atoms with Crippen molar-refractivity contribution in [2.75, 3.05) is 13.7 Å². The minimum Gasteiger partial charge on any atom is -0.497 e. The molecule has 7 heteroatoms. The van der Waals surface area contributed by atoms with Crippen LogP contribution in [0.25, 0.3) is 10.6 Å². The predicted octanol–water partition coefficient (Wildman–Crippen LogP) is 4.07. The van der Waals surface area contributed by atoms with Crippen LogP contribution in [0.15, 0.2) is 47.8 Å². The van der Waals surface area contributed by atoms with E-state index in [1.807, 2.05) is 0 Å². The SMILES string of the molecule is COc1cccc(C(=O)NCCc2csc(-c3c(F)cccc3F)n2)c1. The monoisotopic (exact) mass is 374 g/mol. The van der Waals surface area contributed by atoms with E-state index in [1.54, 1.807) is 29.6 Å². The first-order valence-electron chi connectivity index (χ1n) is 7.89. The number of benzene rings is 2. The molecular formula is C19H16F2N2O2S. The third-order valence-corrected chi connectivity index (χ3v) is 4.64. The Morgan fingerprint density at radius 3 is 2.65 bits per heavy atom. The second kappa shape index (κ2) is 8.05. The summed E-state index contributed by atoms with van der Waals surface area (Å²) < 4.78 is 32.7. The van der Waals surface area contributed by atoms with Crippen LogP contribution in [0.4, 0.5) is 8.78 Å². The smallest absolute Gasteiger partial charge is 0.251 e. The van der Waals surface area contributed by atoms with Crippen LogP contribution in [0, 0.1) is 11.6 Å². The van der Waals surface area contributed by atoms with Gasteiger partial charge in [0.2, 0.25) is 0 Å². The number of thiazole rings is 1. The number of carbonyl (C=O) groups excluding carboxylic acids is 1. The Balaban J connectivity index is 1.61. The van der Waals surface area contributed by atoms with Crippen molar-refractivity contribution in [3.8, 4) is 16.3 Å². The molecule has 0 saturated carbocycles. The van der Waals surface area contributed by atoms with Gasteiger partial charge in [0, 0.05) is 23.9 Å². The average molecular weight is 374 g/mol. The van der Waals surface area contributed by atoms with Crippen LogP contribution in [0.1, 0.15) is 16.1 Å². The standard InChI is InChI=1S/C19H16F2N2O2S/c1-25-14-5-2-4-12(10-14)18(24)22-9-8-13-11-26-19(23-13)17-15(20)6-3-7-16(17)21/h2-7,10-11H,8-9H2,1H3,(H,22,24). The van der Waals surface area contributed by atoms with Crippen molar-refractivity contribution in [3.05, 3.63) is 70.7 Å². The van der Waals surface area contributed by atoms with Gasteiger partial charge in [0.1, 0.15) is 22.4 Å². The fourth-order valence-corrected chi connectivity index (χ4v) is 3.31. The summed E-state index contributed by atoms with van der Waals surface area (Å²) in [6.45, 7) is 0.360. The van der Waals surface area contributed by atoms with E-state index in [2.05, 4.69) is 10.3 Å². The fraction of sp³-hybridized carbons (Fsp3) is 0.158. The van der Waals surface area contributed by atoms with Gasteiger partial charge >= 0.3 is 0 Å². The summed E-state index contributed by atoms with van der Waals surface area (Å²) in [5, 5.41) is 4.81. The van der Waals surface area contributed by atoms with Crippen LogP contribution in [0.3, 0.4) is 0 Å². The molecule has 1 amide bonds. The normalized spacial score (nSPS) is 10.6. The zero-order valence-electron chi connectivity index (χ0n) is 14.0. The lowest BCUT2D eigenvalue weighted by Crippen LogP contribution is -2.25. The number of methoxy groups -OCH3 is 1. The van der Waals surface area contributed by atoms with Crippen LogP contribution in [0.2, 0.25) is 0 Å². The molecule has 0 fully saturated rings. The molecule has 2 aromatic carbocycles. The summed E-state index contributed by atoms with van der Waals surface area (Å²) in [5.41, 5.74) is 1.04. The first-order valence-corrected chi connectivity index (χ1v) is 8.77. The van der Waals surface area contributed by atoms with Crippen LogP contribution in [0.5, 0.6) is 5.75 Å². The topological polar surface area (TPSA) is 51.2 Å². The van der Waals surface area contributed by atoms with Gasteiger partial charge in [-0.15, -0.1) is 11.3 Å². The lowest BCUT2D eigenvalue weighted by atomic mass is 10.2. The maximum Gasteiger partial charge on any atom is 0.251 e. The van der Waals surface area contributed by atoms with E-state index in [1.165, 1.54) is 36.6 Å². The van der Waals surface area contributed by atoms with Crippen molar-refractivity contribution < 1.29 is 18.3 Å². The van der Waals surface area contributed by atoms with Crippen molar-refractivity contribution >= 4 is 17.2 Å². The Morgan fingerprint density at radius 2 is 1.92 bits per heavy atom.